The van der Waals surface area contributed by atoms with E-state index in [1.165, 1.54) is 17.0 Å². The molecule has 6 nitrogen and oxygen atoms in total. The van der Waals surface area contributed by atoms with Gasteiger partial charge >= 0.3 is 0 Å². The van der Waals surface area contributed by atoms with Gasteiger partial charge in [-0.05, 0) is 18.6 Å². The number of anilines is 1. The van der Waals surface area contributed by atoms with Crippen molar-refractivity contribution < 1.29 is 13.2 Å². The van der Waals surface area contributed by atoms with E-state index in [0.29, 0.717) is 6.54 Å². The lowest BCUT2D eigenvalue weighted by Gasteiger charge is -2.09. The Kier molecular flexibility index (Phi) is 5.38. The summed E-state index contributed by atoms with van der Waals surface area (Å²) in [6.07, 6.45) is 2.27. The number of hydrogen-bond donors (Lipinski definition) is 1. The van der Waals surface area contributed by atoms with Crippen LogP contribution in [0.3, 0.4) is 0 Å². The van der Waals surface area contributed by atoms with Gasteiger partial charge in [-0.25, -0.2) is 28.1 Å². The molecule has 0 spiro atoms. The second-order valence-corrected chi connectivity index (χ2v) is 6.13. The number of alkyl halides is 2. The van der Waals surface area contributed by atoms with E-state index >= 15 is 0 Å². The smallest absolute Gasteiger partial charge is 0.268 e. The Hall–Kier alpha value is -2.97. The number of nitrogens with zero attached hydrogens (tertiary/aromatic N) is 4. The lowest BCUT2D eigenvalue weighted by atomic mass is 10.1. The van der Waals surface area contributed by atoms with Gasteiger partial charge in [-0.2, -0.15) is 0 Å². The maximum absolute atomic E-state index is 14.6. The minimum Gasteiger partial charge on any atom is -0.383 e. The van der Waals surface area contributed by atoms with Gasteiger partial charge in [0.15, 0.2) is 5.82 Å². The lowest BCUT2D eigenvalue weighted by molar-refractivity contribution is 0.151. The third-order valence-electron chi connectivity index (χ3n) is 4.24. The zero-order valence-electron chi connectivity index (χ0n) is 14.6. The number of nitrogens with two attached hydrogens (primary N) is 1. The Labute approximate surface area is 152 Å². The third-order valence-corrected chi connectivity index (χ3v) is 4.24. The standard InChI is InChI=1S/C18H18F3N5O/c1-2-3-4-5-26-9-24-14-7-10(13(19)6-11(14)18(26)27)17-23-8-12(15(20)21)16(22)25-17/h6-9,15H,2-5H2,1H3,(H2,22,23,25). The number of halogens is 3. The Bertz CT molecular complexity index is 1040. The first-order chi connectivity index (χ1) is 12.9. The summed E-state index contributed by atoms with van der Waals surface area (Å²) in [5.74, 6) is -1.32. The van der Waals surface area contributed by atoms with Gasteiger partial charge in [0.05, 0.1) is 28.4 Å². The number of unbranched alkanes of at least 4 members (excludes halogenated alkanes) is 2. The highest BCUT2D eigenvalue weighted by Gasteiger charge is 2.17. The second kappa shape index (κ2) is 7.73. The molecule has 0 saturated heterocycles. The molecule has 27 heavy (non-hydrogen) atoms. The topological polar surface area (TPSA) is 86.7 Å². The van der Waals surface area contributed by atoms with Crippen LogP contribution in [0.5, 0.6) is 0 Å². The summed E-state index contributed by atoms with van der Waals surface area (Å²) >= 11 is 0. The maximum Gasteiger partial charge on any atom is 0.268 e. The van der Waals surface area contributed by atoms with Gasteiger partial charge in [0, 0.05) is 12.7 Å². The molecule has 3 aromatic rings. The molecule has 3 rings (SSSR count). The monoisotopic (exact) mass is 377 g/mol. The highest BCUT2D eigenvalue weighted by Crippen LogP contribution is 2.27. The van der Waals surface area contributed by atoms with Crippen molar-refractivity contribution in [3.05, 3.63) is 46.4 Å². The molecule has 0 unspecified atom stereocenters. The highest BCUT2D eigenvalue weighted by molar-refractivity contribution is 5.82. The fourth-order valence-electron chi connectivity index (χ4n) is 2.74. The molecule has 1 aromatic carbocycles. The Morgan fingerprint density at radius 3 is 2.67 bits per heavy atom. The summed E-state index contributed by atoms with van der Waals surface area (Å²) in [4.78, 5) is 24.2. The normalized spacial score (nSPS) is 11.4. The van der Waals surface area contributed by atoms with Crippen molar-refractivity contribution in [1.29, 1.82) is 0 Å². The van der Waals surface area contributed by atoms with Crippen molar-refractivity contribution in [3.8, 4) is 11.4 Å². The minimum absolute atomic E-state index is 0.0642. The first-order valence-electron chi connectivity index (χ1n) is 8.52. The molecule has 0 aliphatic heterocycles. The van der Waals surface area contributed by atoms with Crippen LogP contribution < -0.4 is 11.3 Å². The lowest BCUT2D eigenvalue weighted by Crippen LogP contribution is -2.21. The van der Waals surface area contributed by atoms with Crippen LogP contribution in [0.15, 0.2) is 29.5 Å². The molecule has 2 heterocycles. The molecule has 2 N–H and O–H groups in total. The van der Waals surface area contributed by atoms with Crippen molar-refractivity contribution in [2.75, 3.05) is 5.73 Å². The van der Waals surface area contributed by atoms with Crippen LogP contribution in [0, 0.1) is 5.82 Å². The summed E-state index contributed by atoms with van der Waals surface area (Å²) in [5.41, 5.74) is 4.85. The number of benzene rings is 1. The number of rotatable bonds is 6. The summed E-state index contributed by atoms with van der Waals surface area (Å²) in [5, 5.41) is 0.132. The number of aromatic nitrogens is 4. The summed E-state index contributed by atoms with van der Waals surface area (Å²) in [6.45, 7) is 2.56. The quantitative estimate of drug-likeness (QED) is 0.662. The Morgan fingerprint density at radius 1 is 1.22 bits per heavy atom. The van der Waals surface area contributed by atoms with E-state index in [9.17, 15) is 18.0 Å². The highest BCUT2D eigenvalue weighted by atomic mass is 19.3. The van der Waals surface area contributed by atoms with Gasteiger partial charge in [0.2, 0.25) is 0 Å². The molecular weight excluding hydrogens is 359 g/mol. The van der Waals surface area contributed by atoms with E-state index in [2.05, 4.69) is 21.9 Å². The fraction of sp³-hybridized carbons (Fsp3) is 0.333. The predicted octanol–water partition coefficient (Wildman–Crippen LogP) is 3.70. The second-order valence-electron chi connectivity index (χ2n) is 6.13. The van der Waals surface area contributed by atoms with Crippen molar-refractivity contribution in [1.82, 2.24) is 19.5 Å². The van der Waals surface area contributed by atoms with Crippen molar-refractivity contribution >= 4 is 16.7 Å². The van der Waals surface area contributed by atoms with E-state index in [1.54, 1.807) is 0 Å². The van der Waals surface area contributed by atoms with Crippen LogP contribution in [-0.2, 0) is 6.54 Å². The largest absolute Gasteiger partial charge is 0.383 e. The minimum atomic E-state index is -2.83. The average molecular weight is 377 g/mol. The summed E-state index contributed by atoms with van der Waals surface area (Å²) < 4.78 is 41.5. The van der Waals surface area contributed by atoms with Crippen molar-refractivity contribution in [2.24, 2.45) is 0 Å². The molecular formula is C18H18F3N5O. The van der Waals surface area contributed by atoms with E-state index in [-0.39, 0.29) is 27.9 Å². The Balaban J connectivity index is 2.04. The molecule has 142 valence electrons. The van der Waals surface area contributed by atoms with Gasteiger partial charge in [-0.3, -0.25) is 9.36 Å². The van der Waals surface area contributed by atoms with E-state index < -0.39 is 23.6 Å². The molecule has 0 amide bonds. The van der Waals surface area contributed by atoms with E-state index in [0.717, 1.165) is 31.5 Å². The van der Waals surface area contributed by atoms with Crippen molar-refractivity contribution in [3.63, 3.8) is 0 Å². The van der Waals surface area contributed by atoms with Crippen LogP contribution >= 0.6 is 0 Å². The van der Waals surface area contributed by atoms with Crippen molar-refractivity contribution in [2.45, 2.75) is 39.2 Å². The van der Waals surface area contributed by atoms with Gasteiger partial charge in [-0.1, -0.05) is 19.8 Å². The van der Waals surface area contributed by atoms with Crippen LogP contribution in [0.4, 0.5) is 19.0 Å². The number of hydrogen-bond acceptors (Lipinski definition) is 5. The average Bonchev–Trinajstić information content (AvgIpc) is 2.63. The maximum atomic E-state index is 14.6. The van der Waals surface area contributed by atoms with Crippen LogP contribution in [-0.4, -0.2) is 19.5 Å². The molecule has 0 radical (unpaired) electrons. The van der Waals surface area contributed by atoms with Gasteiger partial charge in [0.1, 0.15) is 11.6 Å². The van der Waals surface area contributed by atoms with Gasteiger partial charge in [0.25, 0.3) is 12.0 Å². The molecule has 0 fully saturated rings. The van der Waals surface area contributed by atoms with Crippen LogP contribution in [0.25, 0.3) is 22.3 Å². The zero-order valence-corrected chi connectivity index (χ0v) is 14.6. The third kappa shape index (κ3) is 3.76. The molecule has 9 heteroatoms. The van der Waals surface area contributed by atoms with Crippen LogP contribution in [0.1, 0.15) is 38.2 Å². The SMILES string of the molecule is CCCCCn1cnc2cc(-c3ncc(C(F)F)c(N)n3)c(F)cc2c1=O. The van der Waals surface area contributed by atoms with Gasteiger partial charge < -0.3 is 5.73 Å². The number of nitrogen functional groups attached to an aromatic ring is 1. The number of aryl methyl sites for hydroxylation is 1. The Morgan fingerprint density at radius 2 is 2.00 bits per heavy atom. The molecule has 0 bridgehead atoms. The molecule has 0 aliphatic carbocycles. The molecule has 0 atom stereocenters. The first kappa shape index (κ1) is 18.8. The van der Waals surface area contributed by atoms with E-state index in [1.807, 2.05) is 0 Å². The zero-order chi connectivity index (χ0) is 19.6. The fourth-order valence-corrected chi connectivity index (χ4v) is 2.74. The first-order valence-corrected chi connectivity index (χ1v) is 8.52. The molecule has 0 saturated carbocycles. The number of fused-ring (bicyclic) bond motifs is 1. The summed E-state index contributed by atoms with van der Waals surface area (Å²) in [6, 6.07) is 2.39. The summed E-state index contributed by atoms with van der Waals surface area (Å²) in [7, 11) is 0. The molecule has 2 aromatic heterocycles. The van der Waals surface area contributed by atoms with E-state index in [4.69, 9.17) is 5.73 Å². The van der Waals surface area contributed by atoms with Gasteiger partial charge in [-0.15, -0.1) is 0 Å². The molecule has 0 aliphatic rings. The predicted molar refractivity (Wildman–Crippen MR) is 95.9 cm³/mol. The van der Waals surface area contributed by atoms with Crippen LogP contribution in [0.2, 0.25) is 0 Å².